The molecule has 1 aliphatic heterocycles. The minimum atomic E-state index is -0.836. The van der Waals surface area contributed by atoms with Crippen LogP contribution in [0.2, 0.25) is 0 Å². The molecule has 1 saturated heterocycles. The maximum Gasteiger partial charge on any atom is 0.347 e. The fourth-order valence-electron chi connectivity index (χ4n) is 2.80. The van der Waals surface area contributed by atoms with Gasteiger partial charge in [0.15, 0.2) is 0 Å². The van der Waals surface area contributed by atoms with Gasteiger partial charge in [-0.2, -0.15) is 0 Å². The Hall–Kier alpha value is -1.89. The second-order valence-electron chi connectivity index (χ2n) is 5.45. The number of esters is 2. The summed E-state index contributed by atoms with van der Waals surface area (Å²) in [5.41, 5.74) is 1.37. The number of rotatable bonds is 3. The van der Waals surface area contributed by atoms with E-state index in [0.29, 0.717) is 17.0 Å². The van der Waals surface area contributed by atoms with E-state index in [9.17, 15) is 14.4 Å². The molecule has 7 heteroatoms. The summed E-state index contributed by atoms with van der Waals surface area (Å²) in [7, 11) is 0. The second-order valence-corrected chi connectivity index (χ2v) is 6.55. The highest BCUT2D eigenvalue weighted by molar-refractivity contribution is 7.17. The van der Waals surface area contributed by atoms with Crippen molar-refractivity contribution in [1.29, 1.82) is 0 Å². The van der Waals surface area contributed by atoms with E-state index in [4.69, 9.17) is 9.47 Å². The largest absolute Gasteiger partial charge is 0.463 e. The first-order valence-electron chi connectivity index (χ1n) is 7.36. The van der Waals surface area contributed by atoms with Crippen LogP contribution in [0.25, 0.3) is 0 Å². The Kier molecular flexibility index (Phi) is 4.15. The number of thiophene rings is 1. The molecule has 6 nitrogen and oxygen atoms in total. The number of ether oxygens (including phenoxy) is 2. The van der Waals surface area contributed by atoms with Crippen molar-refractivity contribution in [2.75, 3.05) is 11.9 Å². The topological polar surface area (TPSA) is 81.7 Å². The molecule has 22 heavy (non-hydrogen) atoms. The fraction of sp³-hybridized carbons (Fsp3) is 0.533. The first-order valence-corrected chi connectivity index (χ1v) is 8.17. The number of anilines is 1. The zero-order chi connectivity index (χ0) is 15.7. The van der Waals surface area contributed by atoms with Crippen molar-refractivity contribution in [2.45, 2.75) is 45.1 Å². The maximum absolute atomic E-state index is 12.5. The molecule has 0 spiro atoms. The van der Waals surface area contributed by atoms with E-state index in [-0.39, 0.29) is 12.5 Å². The summed E-state index contributed by atoms with van der Waals surface area (Å²) >= 11 is 1.43. The molecular weight excluding hydrogens is 306 g/mol. The Morgan fingerprint density at radius 3 is 2.77 bits per heavy atom. The molecule has 1 aliphatic carbocycles. The van der Waals surface area contributed by atoms with Crippen LogP contribution in [0.15, 0.2) is 0 Å². The van der Waals surface area contributed by atoms with Gasteiger partial charge in [-0.1, -0.05) is 0 Å². The Morgan fingerprint density at radius 2 is 2.09 bits per heavy atom. The van der Waals surface area contributed by atoms with Crippen molar-refractivity contribution < 1.29 is 23.9 Å². The lowest BCUT2D eigenvalue weighted by Gasteiger charge is -2.14. The zero-order valence-corrected chi connectivity index (χ0v) is 13.1. The van der Waals surface area contributed by atoms with Crippen LogP contribution in [0.4, 0.5) is 5.00 Å². The normalized spacial score (nSPS) is 20.2. The van der Waals surface area contributed by atoms with E-state index in [0.717, 1.165) is 36.1 Å². The second kappa shape index (κ2) is 6.08. The highest BCUT2D eigenvalue weighted by Crippen LogP contribution is 2.38. The standard InChI is InChI=1S/C15H17NO5S/c1-8(17)16-13-12(9-4-2-3-5-11(9)22-13)15(19)21-10-6-7-20-14(10)18/h10H,2-7H2,1H3,(H,16,17)/t10-/m0/s1. The van der Waals surface area contributed by atoms with Crippen molar-refractivity contribution in [3.05, 3.63) is 16.0 Å². The first kappa shape index (κ1) is 15.0. The molecule has 0 saturated carbocycles. The van der Waals surface area contributed by atoms with E-state index in [2.05, 4.69) is 5.32 Å². The molecule has 3 rings (SSSR count). The Morgan fingerprint density at radius 1 is 1.32 bits per heavy atom. The summed E-state index contributed by atoms with van der Waals surface area (Å²) in [6.45, 7) is 1.68. The number of aryl methyl sites for hydroxylation is 1. The molecule has 1 fully saturated rings. The predicted molar refractivity (Wildman–Crippen MR) is 80.0 cm³/mol. The summed E-state index contributed by atoms with van der Waals surface area (Å²) in [5, 5.41) is 3.23. The Labute approximate surface area is 131 Å². The third-order valence-electron chi connectivity index (χ3n) is 3.80. The van der Waals surface area contributed by atoms with Crippen molar-refractivity contribution in [2.24, 2.45) is 0 Å². The molecule has 1 atom stereocenters. The maximum atomic E-state index is 12.5. The lowest BCUT2D eigenvalue weighted by atomic mass is 9.95. The zero-order valence-electron chi connectivity index (χ0n) is 12.3. The van der Waals surface area contributed by atoms with Crippen LogP contribution in [0.1, 0.15) is 47.0 Å². The minimum Gasteiger partial charge on any atom is -0.463 e. The molecular formula is C15H17NO5S. The van der Waals surface area contributed by atoms with Gasteiger partial charge in [0, 0.05) is 18.2 Å². The van der Waals surface area contributed by atoms with Gasteiger partial charge in [-0.15, -0.1) is 11.3 Å². The van der Waals surface area contributed by atoms with Crippen molar-refractivity contribution >= 4 is 34.2 Å². The lowest BCUT2D eigenvalue weighted by Crippen LogP contribution is -2.24. The quantitative estimate of drug-likeness (QED) is 0.861. The van der Waals surface area contributed by atoms with Crippen LogP contribution in [-0.2, 0) is 31.9 Å². The summed E-state index contributed by atoms with van der Waals surface area (Å²) in [6, 6.07) is 0. The number of amides is 1. The van der Waals surface area contributed by atoms with Crippen LogP contribution < -0.4 is 5.32 Å². The molecule has 1 aromatic rings. The smallest absolute Gasteiger partial charge is 0.347 e. The molecule has 1 amide bonds. The number of carbonyl (C=O) groups is 3. The van der Waals surface area contributed by atoms with E-state index in [1.54, 1.807) is 0 Å². The van der Waals surface area contributed by atoms with Gasteiger partial charge in [0.2, 0.25) is 12.0 Å². The SMILES string of the molecule is CC(=O)Nc1sc2c(c1C(=O)O[C@H]1CCOC1=O)CCCC2. The van der Waals surface area contributed by atoms with Gasteiger partial charge in [-0.25, -0.2) is 9.59 Å². The van der Waals surface area contributed by atoms with E-state index in [1.165, 1.54) is 18.3 Å². The average molecular weight is 323 g/mol. The van der Waals surface area contributed by atoms with Crippen molar-refractivity contribution in [1.82, 2.24) is 0 Å². The van der Waals surface area contributed by atoms with Crippen molar-refractivity contribution in [3.63, 3.8) is 0 Å². The van der Waals surface area contributed by atoms with Gasteiger partial charge < -0.3 is 14.8 Å². The molecule has 1 aromatic heterocycles. The monoisotopic (exact) mass is 323 g/mol. The summed E-state index contributed by atoms with van der Waals surface area (Å²) in [4.78, 5) is 36.5. The van der Waals surface area contributed by atoms with Gasteiger partial charge in [0.1, 0.15) is 5.00 Å². The number of carbonyl (C=O) groups excluding carboxylic acids is 3. The summed E-state index contributed by atoms with van der Waals surface area (Å²) in [5.74, 6) is -1.28. The van der Waals surface area contributed by atoms with E-state index < -0.39 is 18.0 Å². The minimum absolute atomic E-state index is 0.229. The molecule has 118 valence electrons. The van der Waals surface area contributed by atoms with Crippen LogP contribution in [0, 0.1) is 0 Å². The molecule has 1 N–H and O–H groups in total. The van der Waals surface area contributed by atoms with Crippen LogP contribution >= 0.6 is 11.3 Å². The lowest BCUT2D eigenvalue weighted by molar-refractivity contribution is -0.145. The van der Waals surface area contributed by atoms with Crippen molar-refractivity contribution in [3.8, 4) is 0 Å². The first-order chi connectivity index (χ1) is 10.6. The molecule has 2 heterocycles. The van der Waals surface area contributed by atoms with Gasteiger partial charge in [-0.05, 0) is 31.2 Å². The van der Waals surface area contributed by atoms with E-state index >= 15 is 0 Å². The number of nitrogens with one attached hydrogen (secondary N) is 1. The highest BCUT2D eigenvalue weighted by atomic mass is 32.1. The van der Waals surface area contributed by atoms with Crippen LogP contribution in [-0.4, -0.2) is 30.6 Å². The molecule has 2 aliphatic rings. The molecule has 0 unspecified atom stereocenters. The third kappa shape index (κ3) is 2.85. The number of cyclic esters (lactones) is 1. The van der Waals surface area contributed by atoms with Gasteiger partial charge in [0.05, 0.1) is 12.2 Å². The van der Waals surface area contributed by atoms with Crippen LogP contribution in [0.3, 0.4) is 0 Å². The third-order valence-corrected chi connectivity index (χ3v) is 5.01. The number of hydrogen-bond acceptors (Lipinski definition) is 6. The Bertz CT molecular complexity index is 636. The van der Waals surface area contributed by atoms with Gasteiger partial charge in [0.25, 0.3) is 0 Å². The number of fused-ring (bicyclic) bond motifs is 1. The highest BCUT2D eigenvalue weighted by Gasteiger charge is 2.34. The summed E-state index contributed by atoms with van der Waals surface area (Å²) < 4.78 is 10.1. The predicted octanol–water partition coefficient (Wildman–Crippen LogP) is 2.06. The van der Waals surface area contributed by atoms with Crippen LogP contribution in [0.5, 0.6) is 0 Å². The average Bonchev–Trinajstić information content (AvgIpc) is 3.01. The molecule has 0 aromatic carbocycles. The van der Waals surface area contributed by atoms with E-state index in [1.807, 2.05) is 0 Å². The molecule has 0 bridgehead atoms. The molecule has 0 radical (unpaired) electrons. The Balaban J connectivity index is 1.89. The number of hydrogen-bond donors (Lipinski definition) is 1. The van der Waals surface area contributed by atoms with Gasteiger partial charge >= 0.3 is 11.9 Å². The van der Waals surface area contributed by atoms with Gasteiger partial charge in [-0.3, -0.25) is 4.79 Å². The summed E-state index contributed by atoms with van der Waals surface area (Å²) in [6.07, 6.45) is 3.34. The fourth-order valence-corrected chi connectivity index (χ4v) is 4.13.